The van der Waals surface area contributed by atoms with Gasteiger partial charge in [0.15, 0.2) is 0 Å². The molecule has 1 heterocycles. The fraction of sp³-hybridized carbons (Fsp3) is 0.231. The molecule has 0 spiro atoms. The zero-order chi connectivity index (χ0) is 14.0. The first-order valence-corrected chi connectivity index (χ1v) is 7.51. The maximum absolute atomic E-state index is 6.13. The fourth-order valence-electron chi connectivity index (χ4n) is 1.73. The Hall–Kier alpha value is -0.610. The van der Waals surface area contributed by atoms with Crippen molar-refractivity contribution in [1.29, 1.82) is 0 Å². The number of methoxy groups -OCH3 is 1. The third kappa shape index (κ3) is 3.48. The molecule has 1 unspecified atom stereocenters. The molecule has 0 saturated carbocycles. The normalized spacial score (nSPS) is 12.3. The topological polar surface area (TPSA) is 21.3 Å². The molecular formula is C13H12Cl3NOS. The summed E-state index contributed by atoms with van der Waals surface area (Å²) in [6.45, 7) is 2.02. The molecule has 1 aromatic carbocycles. The molecule has 2 rings (SSSR count). The third-order valence-corrected chi connectivity index (χ3v) is 4.50. The van der Waals surface area contributed by atoms with Crippen LogP contribution in [-0.4, -0.2) is 7.11 Å². The van der Waals surface area contributed by atoms with Gasteiger partial charge in [0.2, 0.25) is 0 Å². The van der Waals surface area contributed by atoms with E-state index in [1.165, 1.54) is 11.3 Å². The third-order valence-electron chi connectivity index (χ3n) is 2.68. The summed E-state index contributed by atoms with van der Waals surface area (Å²) in [6, 6.07) is 7.46. The van der Waals surface area contributed by atoms with Gasteiger partial charge < -0.3 is 10.1 Å². The van der Waals surface area contributed by atoms with Crippen molar-refractivity contribution < 1.29 is 4.74 Å². The molecule has 6 heteroatoms. The van der Waals surface area contributed by atoms with Gasteiger partial charge >= 0.3 is 0 Å². The molecule has 1 N–H and O–H groups in total. The Labute approximate surface area is 131 Å². The van der Waals surface area contributed by atoms with Crippen LogP contribution in [0.4, 0.5) is 5.69 Å². The number of nitrogens with one attached hydrogen (secondary N) is 1. The summed E-state index contributed by atoms with van der Waals surface area (Å²) in [5.41, 5.74) is 1.88. The fourth-order valence-corrected chi connectivity index (χ4v) is 3.64. The SMILES string of the molecule is COc1ccc(NC(C)c2cc(Cl)sc2Cl)cc1Cl. The van der Waals surface area contributed by atoms with Gasteiger partial charge in [0.05, 0.1) is 26.8 Å². The van der Waals surface area contributed by atoms with Crippen molar-refractivity contribution in [3.05, 3.63) is 43.5 Å². The zero-order valence-corrected chi connectivity index (χ0v) is 13.4. The summed E-state index contributed by atoms with van der Waals surface area (Å²) < 4.78 is 6.50. The molecule has 0 saturated heterocycles. The molecule has 0 aliphatic carbocycles. The highest BCUT2D eigenvalue weighted by Crippen LogP contribution is 2.36. The van der Waals surface area contributed by atoms with Crippen LogP contribution in [0, 0.1) is 0 Å². The monoisotopic (exact) mass is 335 g/mol. The van der Waals surface area contributed by atoms with E-state index in [-0.39, 0.29) is 6.04 Å². The molecule has 2 nitrogen and oxygen atoms in total. The Balaban J connectivity index is 2.17. The van der Waals surface area contributed by atoms with Crippen LogP contribution in [0.2, 0.25) is 13.7 Å². The first-order valence-electron chi connectivity index (χ1n) is 5.56. The Morgan fingerprint density at radius 3 is 2.47 bits per heavy atom. The molecule has 0 aliphatic rings. The highest BCUT2D eigenvalue weighted by molar-refractivity contribution is 7.20. The number of ether oxygens (including phenoxy) is 1. The molecule has 1 atom stereocenters. The standard InChI is InChI=1S/C13H12Cl3NOS/c1-7(9-6-12(15)19-13(9)16)17-8-3-4-11(18-2)10(14)5-8/h3-7,17H,1-2H3. The van der Waals surface area contributed by atoms with Gasteiger partial charge in [-0.05, 0) is 31.2 Å². The van der Waals surface area contributed by atoms with Crippen molar-refractivity contribution in [1.82, 2.24) is 0 Å². The lowest BCUT2D eigenvalue weighted by Gasteiger charge is -2.15. The molecule has 0 fully saturated rings. The number of hydrogen-bond donors (Lipinski definition) is 1. The predicted octanol–water partition coefficient (Wildman–Crippen LogP) is 5.89. The van der Waals surface area contributed by atoms with Crippen LogP contribution in [0.1, 0.15) is 18.5 Å². The van der Waals surface area contributed by atoms with Gasteiger partial charge in [-0.2, -0.15) is 0 Å². The van der Waals surface area contributed by atoms with Crippen LogP contribution >= 0.6 is 46.1 Å². The quantitative estimate of drug-likeness (QED) is 0.751. The van der Waals surface area contributed by atoms with E-state index in [1.54, 1.807) is 7.11 Å². The number of thiophene rings is 1. The Bertz CT molecular complexity index is 585. The number of anilines is 1. The minimum absolute atomic E-state index is 0.0423. The van der Waals surface area contributed by atoms with Crippen LogP contribution in [0.15, 0.2) is 24.3 Å². The molecule has 1 aromatic heterocycles. The van der Waals surface area contributed by atoms with E-state index < -0.39 is 0 Å². The molecule has 0 radical (unpaired) electrons. The van der Waals surface area contributed by atoms with Crippen molar-refractivity contribution in [3.63, 3.8) is 0 Å². The molecule has 0 aliphatic heterocycles. The highest BCUT2D eigenvalue weighted by atomic mass is 35.5. The van der Waals surface area contributed by atoms with Crippen molar-refractivity contribution in [2.24, 2.45) is 0 Å². The van der Waals surface area contributed by atoms with E-state index in [9.17, 15) is 0 Å². The number of halogens is 3. The van der Waals surface area contributed by atoms with Crippen LogP contribution < -0.4 is 10.1 Å². The average molecular weight is 337 g/mol. The second kappa shape index (κ2) is 6.23. The van der Waals surface area contributed by atoms with Crippen molar-refractivity contribution in [3.8, 4) is 5.75 Å². The average Bonchev–Trinajstić information content (AvgIpc) is 2.69. The largest absolute Gasteiger partial charge is 0.495 e. The highest BCUT2D eigenvalue weighted by Gasteiger charge is 2.13. The van der Waals surface area contributed by atoms with Gasteiger partial charge in [-0.25, -0.2) is 0 Å². The van der Waals surface area contributed by atoms with Gasteiger partial charge in [0.1, 0.15) is 5.75 Å². The molecular weight excluding hydrogens is 325 g/mol. The minimum Gasteiger partial charge on any atom is -0.495 e. The van der Waals surface area contributed by atoms with Gasteiger partial charge in [-0.1, -0.05) is 34.8 Å². The first-order chi connectivity index (χ1) is 9.01. The summed E-state index contributed by atoms with van der Waals surface area (Å²) >= 11 is 19.5. The second-order valence-electron chi connectivity index (χ2n) is 3.99. The molecule has 19 heavy (non-hydrogen) atoms. The molecule has 102 valence electrons. The smallest absolute Gasteiger partial charge is 0.137 e. The molecule has 2 aromatic rings. The van der Waals surface area contributed by atoms with E-state index >= 15 is 0 Å². The van der Waals surface area contributed by atoms with Crippen molar-refractivity contribution >= 4 is 51.8 Å². The number of rotatable bonds is 4. The summed E-state index contributed by atoms with van der Waals surface area (Å²) in [5, 5.41) is 3.89. The summed E-state index contributed by atoms with van der Waals surface area (Å²) in [4.78, 5) is 0. The maximum Gasteiger partial charge on any atom is 0.137 e. The van der Waals surface area contributed by atoms with E-state index in [1.807, 2.05) is 31.2 Å². The van der Waals surface area contributed by atoms with E-state index in [0.717, 1.165) is 11.3 Å². The second-order valence-corrected chi connectivity index (χ2v) is 6.69. The van der Waals surface area contributed by atoms with Gasteiger partial charge in [0.25, 0.3) is 0 Å². The van der Waals surface area contributed by atoms with Crippen LogP contribution in [-0.2, 0) is 0 Å². The van der Waals surface area contributed by atoms with Crippen LogP contribution in [0.3, 0.4) is 0 Å². The van der Waals surface area contributed by atoms with Crippen molar-refractivity contribution in [2.75, 3.05) is 12.4 Å². The number of hydrogen-bond acceptors (Lipinski definition) is 3. The van der Waals surface area contributed by atoms with E-state index in [0.29, 0.717) is 19.4 Å². The van der Waals surface area contributed by atoms with E-state index in [2.05, 4.69) is 5.32 Å². The van der Waals surface area contributed by atoms with Crippen molar-refractivity contribution in [2.45, 2.75) is 13.0 Å². The van der Waals surface area contributed by atoms with Gasteiger partial charge in [-0.15, -0.1) is 11.3 Å². The van der Waals surface area contributed by atoms with Gasteiger partial charge in [0, 0.05) is 11.3 Å². The summed E-state index contributed by atoms with van der Waals surface area (Å²) in [7, 11) is 1.59. The lowest BCUT2D eigenvalue weighted by atomic mass is 10.1. The van der Waals surface area contributed by atoms with Gasteiger partial charge in [-0.3, -0.25) is 0 Å². The van der Waals surface area contributed by atoms with E-state index in [4.69, 9.17) is 39.5 Å². The Morgan fingerprint density at radius 2 is 1.95 bits per heavy atom. The minimum atomic E-state index is 0.0423. The number of benzene rings is 1. The zero-order valence-electron chi connectivity index (χ0n) is 10.3. The Morgan fingerprint density at radius 1 is 1.21 bits per heavy atom. The lowest BCUT2D eigenvalue weighted by molar-refractivity contribution is 0.415. The summed E-state index contributed by atoms with van der Waals surface area (Å²) in [5.74, 6) is 0.650. The lowest BCUT2D eigenvalue weighted by Crippen LogP contribution is -2.06. The Kier molecular flexibility index (Phi) is 4.85. The predicted molar refractivity (Wildman–Crippen MR) is 84.4 cm³/mol. The molecule has 0 bridgehead atoms. The maximum atomic E-state index is 6.13. The first kappa shape index (κ1) is 14.8. The summed E-state index contributed by atoms with van der Waals surface area (Å²) in [6.07, 6.45) is 0. The molecule has 0 amide bonds. The van der Waals surface area contributed by atoms with Crippen LogP contribution in [0.25, 0.3) is 0 Å². The van der Waals surface area contributed by atoms with Crippen LogP contribution in [0.5, 0.6) is 5.75 Å².